The van der Waals surface area contributed by atoms with E-state index in [0.29, 0.717) is 29.5 Å². The summed E-state index contributed by atoms with van der Waals surface area (Å²) in [6, 6.07) is 25.7. The molecule has 0 atom stereocenters. The van der Waals surface area contributed by atoms with E-state index in [0.717, 1.165) is 46.0 Å². The summed E-state index contributed by atoms with van der Waals surface area (Å²) in [7, 11) is 0. The third-order valence-corrected chi connectivity index (χ3v) is 6.74. The lowest BCUT2D eigenvalue weighted by atomic mass is 9.99. The second kappa shape index (κ2) is 9.94. The molecule has 5 aromatic rings. The number of carbonyl (C=O) groups excluding carboxylic acids is 1. The van der Waals surface area contributed by atoms with E-state index in [1.165, 1.54) is 4.68 Å². The van der Waals surface area contributed by atoms with E-state index in [1.54, 1.807) is 18.5 Å². The maximum atomic E-state index is 13.2. The topological polar surface area (TPSA) is 88.9 Å². The van der Waals surface area contributed by atoms with Crippen LogP contribution in [0.5, 0.6) is 0 Å². The van der Waals surface area contributed by atoms with Gasteiger partial charge in [0.15, 0.2) is 0 Å². The van der Waals surface area contributed by atoms with Gasteiger partial charge in [-0.05, 0) is 55.2 Å². The fourth-order valence-corrected chi connectivity index (χ4v) is 4.54. The first-order valence-electron chi connectivity index (χ1n) is 12.8. The number of pyridine rings is 1. The van der Waals surface area contributed by atoms with Crippen molar-refractivity contribution in [2.24, 2.45) is 0 Å². The van der Waals surface area contributed by atoms with Crippen molar-refractivity contribution in [1.29, 1.82) is 0 Å². The second-order valence-electron chi connectivity index (χ2n) is 9.51. The zero-order valence-corrected chi connectivity index (χ0v) is 21.0. The Morgan fingerprint density at radius 2 is 1.66 bits per heavy atom. The summed E-state index contributed by atoms with van der Waals surface area (Å²) in [6.45, 7) is 2.34. The number of nitrogens with zero attached hydrogens (tertiary/aromatic N) is 3. The number of nitrogens with one attached hydrogen (secondary N) is 2. The predicted molar refractivity (Wildman–Crippen MR) is 151 cm³/mol. The Morgan fingerprint density at radius 3 is 2.47 bits per heavy atom. The molecule has 0 saturated heterocycles. The van der Waals surface area contributed by atoms with E-state index in [4.69, 9.17) is 0 Å². The Morgan fingerprint density at radius 1 is 0.895 bits per heavy atom. The average Bonchev–Trinajstić information content (AvgIpc) is 3.78. The number of rotatable bonds is 7. The number of aromatic nitrogens is 3. The molecule has 7 nitrogen and oxygen atoms in total. The van der Waals surface area contributed by atoms with Crippen molar-refractivity contribution in [3.05, 3.63) is 107 Å². The Labute approximate surface area is 220 Å². The monoisotopic (exact) mass is 501 g/mol. The van der Waals surface area contributed by atoms with Gasteiger partial charge in [-0.3, -0.25) is 14.6 Å². The van der Waals surface area contributed by atoms with Gasteiger partial charge in [-0.2, -0.15) is 5.10 Å². The minimum Gasteiger partial charge on any atom is -0.349 e. The van der Waals surface area contributed by atoms with Gasteiger partial charge in [0.2, 0.25) is 0 Å². The van der Waals surface area contributed by atoms with Crippen molar-refractivity contribution >= 4 is 28.1 Å². The lowest BCUT2D eigenvalue weighted by Gasteiger charge is -2.13. The summed E-state index contributed by atoms with van der Waals surface area (Å²) in [5.74, 6) is -0.0409. The number of aryl methyl sites for hydroxylation is 1. The van der Waals surface area contributed by atoms with Crippen molar-refractivity contribution in [2.45, 2.75) is 32.4 Å². The Balaban J connectivity index is 1.36. The van der Waals surface area contributed by atoms with Gasteiger partial charge in [-0.15, -0.1) is 0 Å². The minimum atomic E-state index is -0.199. The third-order valence-electron chi connectivity index (χ3n) is 6.74. The van der Waals surface area contributed by atoms with Crippen molar-refractivity contribution in [1.82, 2.24) is 20.1 Å². The average molecular weight is 502 g/mol. The maximum Gasteiger partial charge on any atom is 0.290 e. The van der Waals surface area contributed by atoms with Gasteiger partial charge in [0.05, 0.1) is 17.6 Å². The molecule has 1 aliphatic carbocycles. The van der Waals surface area contributed by atoms with Crippen LogP contribution in [0.4, 0.5) is 11.4 Å². The molecule has 7 heteroatoms. The van der Waals surface area contributed by atoms with E-state index < -0.39 is 0 Å². The molecule has 1 fully saturated rings. The number of benzene rings is 3. The Bertz CT molecular complexity index is 1720. The van der Waals surface area contributed by atoms with Crippen molar-refractivity contribution in [3.8, 4) is 22.4 Å². The van der Waals surface area contributed by atoms with Crippen LogP contribution in [0.1, 0.15) is 30.1 Å². The van der Waals surface area contributed by atoms with E-state index in [1.807, 2.05) is 79.7 Å². The highest BCUT2D eigenvalue weighted by Crippen LogP contribution is 2.29. The van der Waals surface area contributed by atoms with Crippen LogP contribution in [0, 0.1) is 0 Å². The number of fused-ring (bicyclic) bond motifs is 1. The number of hydrogen-bond acceptors (Lipinski definition) is 5. The van der Waals surface area contributed by atoms with Gasteiger partial charge >= 0.3 is 0 Å². The van der Waals surface area contributed by atoms with Crippen LogP contribution in [0.25, 0.3) is 33.2 Å². The molecule has 0 aliphatic heterocycles. The first-order chi connectivity index (χ1) is 18.6. The summed E-state index contributed by atoms with van der Waals surface area (Å²) < 4.78 is 1.46. The Hall–Kier alpha value is -4.78. The normalized spacial score (nSPS) is 12.9. The van der Waals surface area contributed by atoms with Crippen LogP contribution in [0.2, 0.25) is 0 Å². The lowest BCUT2D eigenvalue weighted by molar-refractivity contribution is 0.0951. The molecule has 188 valence electrons. The summed E-state index contributed by atoms with van der Waals surface area (Å²) >= 11 is 0. The fraction of sp³-hybridized carbons (Fsp3) is 0.161. The molecular weight excluding hydrogens is 474 g/mol. The molecule has 1 aliphatic rings. The molecule has 3 aromatic carbocycles. The summed E-state index contributed by atoms with van der Waals surface area (Å²) in [5, 5.41) is 13.0. The van der Waals surface area contributed by atoms with Gasteiger partial charge in [-0.25, -0.2) is 4.68 Å². The molecule has 6 rings (SSSR count). The molecule has 0 spiro atoms. The van der Waals surface area contributed by atoms with Crippen LogP contribution in [0.3, 0.4) is 0 Å². The van der Waals surface area contributed by atoms with Crippen molar-refractivity contribution in [3.63, 3.8) is 0 Å². The summed E-state index contributed by atoms with van der Waals surface area (Å²) in [5.41, 5.74) is 5.09. The number of hydrogen-bond donors (Lipinski definition) is 2. The molecule has 1 saturated carbocycles. The second-order valence-corrected chi connectivity index (χ2v) is 9.51. The van der Waals surface area contributed by atoms with Gasteiger partial charge in [0.1, 0.15) is 5.69 Å². The molecule has 2 N–H and O–H groups in total. The number of carbonyl (C=O) groups is 1. The molecule has 0 bridgehead atoms. The summed E-state index contributed by atoms with van der Waals surface area (Å²) in [6.07, 6.45) is 5.63. The Kier molecular flexibility index (Phi) is 6.17. The molecule has 1 amide bonds. The standard InChI is InChI=1S/C31H27N5O2/c1-2-36-31(38)28(34-29-19-32-18-24-7-3-4-12-26(24)29)17-27(35-36)22-10-5-8-20(15-22)21-9-6-11-23(16-21)30(37)33-25-13-14-25/h3-12,15-19,25,34H,2,13-14H2,1H3,(H,33,37). The molecule has 2 heterocycles. The molecule has 0 radical (unpaired) electrons. The molecule has 0 unspecified atom stereocenters. The van der Waals surface area contributed by atoms with Gasteiger partial charge in [-0.1, -0.05) is 54.6 Å². The minimum absolute atomic E-state index is 0.0409. The van der Waals surface area contributed by atoms with E-state index in [-0.39, 0.29) is 11.5 Å². The van der Waals surface area contributed by atoms with Gasteiger partial charge in [0, 0.05) is 40.7 Å². The van der Waals surface area contributed by atoms with Crippen molar-refractivity contribution < 1.29 is 4.79 Å². The SMILES string of the molecule is CCn1nc(-c2cccc(-c3cccc(C(=O)NC4CC4)c3)c2)cc(Nc2cncc3ccccc23)c1=O. The number of anilines is 2. The largest absolute Gasteiger partial charge is 0.349 e. The highest BCUT2D eigenvalue weighted by Gasteiger charge is 2.23. The van der Waals surface area contributed by atoms with Crippen LogP contribution >= 0.6 is 0 Å². The van der Waals surface area contributed by atoms with E-state index in [9.17, 15) is 9.59 Å². The van der Waals surface area contributed by atoms with Crippen LogP contribution in [-0.4, -0.2) is 26.7 Å². The first kappa shape index (κ1) is 23.6. The molecular formula is C31H27N5O2. The molecule has 38 heavy (non-hydrogen) atoms. The maximum absolute atomic E-state index is 13.2. The van der Waals surface area contributed by atoms with E-state index >= 15 is 0 Å². The zero-order chi connectivity index (χ0) is 26.1. The first-order valence-corrected chi connectivity index (χ1v) is 12.8. The van der Waals surface area contributed by atoms with Crippen LogP contribution in [0.15, 0.2) is 96.1 Å². The quantitative estimate of drug-likeness (QED) is 0.295. The number of amides is 1. The van der Waals surface area contributed by atoms with E-state index in [2.05, 4.69) is 20.7 Å². The van der Waals surface area contributed by atoms with Crippen LogP contribution < -0.4 is 16.2 Å². The molecule has 2 aromatic heterocycles. The van der Waals surface area contributed by atoms with Gasteiger partial charge in [0.25, 0.3) is 11.5 Å². The highest BCUT2D eigenvalue weighted by atomic mass is 16.2. The van der Waals surface area contributed by atoms with Crippen molar-refractivity contribution in [2.75, 3.05) is 5.32 Å². The predicted octanol–water partition coefficient (Wildman–Crippen LogP) is 5.78. The highest BCUT2D eigenvalue weighted by molar-refractivity contribution is 5.96. The third kappa shape index (κ3) is 4.78. The van der Waals surface area contributed by atoms with Gasteiger partial charge < -0.3 is 10.6 Å². The lowest BCUT2D eigenvalue weighted by Crippen LogP contribution is -2.25. The fourth-order valence-electron chi connectivity index (χ4n) is 4.54. The smallest absolute Gasteiger partial charge is 0.290 e. The van der Waals surface area contributed by atoms with Crippen LogP contribution in [-0.2, 0) is 6.54 Å². The summed E-state index contributed by atoms with van der Waals surface area (Å²) in [4.78, 5) is 30.1. The zero-order valence-electron chi connectivity index (χ0n) is 21.0.